The molecule has 9 heteroatoms. The molecule has 2 aromatic rings. The summed E-state index contributed by atoms with van der Waals surface area (Å²) in [4.78, 5) is 14.0. The van der Waals surface area contributed by atoms with Crippen LogP contribution in [0.15, 0.2) is 41.5 Å². The van der Waals surface area contributed by atoms with E-state index in [1.54, 1.807) is 14.0 Å². The minimum absolute atomic E-state index is 0.0962. The SMILES string of the molecule is CCS(=O)(=O)NCCCNC(=NC)N(C)Cc1ncc(-c2ccccc2)[nH]1. The molecule has 0 saturated heterocycles. The summed E-state index contributed by atoms with van der Waals surface area (Å²) in [6.45, 7) is 3.23. The van der Waals surface area contributed by atoms with Gasteiger partial charge in [0.1, 0.15) is 5.82 Å². The van der Waals surface area contributed by atoms with Crippen LogP contribution in [0.25, 0.3) is 11.3 Å². The largest absolute Gasteiger partial charge is 0.356 e. The Hall–Kier alpha value is -2.39. The van der Waals surface area contributed by atoms with Gasteiger partial charge in [-0.25, -0.2) is 18.1 Å². The lowest BCUT2D eigenvalue weighted by Crippen LogP contribution is -2.40. The van der Waals surface area contributed by atoms with Crippen molar-refractivity contribution in [2.24, 2.45) is 4.99 Å². The molecule has 0 aliphatic heterocycles. The molecule has 0 bridgehead atoms. The number of hydrogen-bond donors (Lipinski definition) is 3. The fourth-order valence-corrected chi connectivity index (χ4v) is 3.17. The van der Waals surface area contributed by atoms with Crippen molar-refractivity contribution in [1.82, 2.24) is 24.9 Å². The van der Waals surface area contributed by atoms with Crippen molar-refractivity contribution >= 4 is 16.0 Å². The Bertz CT molecular complexity index is 833. The van der Waals surface area contributed by atoms with Gasteiger partial charge in [0, 0.05) is 27.2 Å². The summed E-state index contributed by atoms with van der Waals surface area (Å²) in [6.07, 6.45) is 2.50. The van der Waals surface area contributed by atoms with Gasteiger partial charge in [-0.15, -0.1) is 0 Å². The van der Waals surface area contributed by atoms with Crippen LogP contribution in [0.4, 0.5) is 0 Å². The summed E-state index contributed by atoms with van der Waals surface area (Å²) in [7, 11) is 0.515. The van der Waals surface area contributed by atoms with Gasteiger partial charge in [0.15, 0.2) is 5.96 Å². The van der Waals surface area contributed by atoms with Gasteiger partial charge in [-0.2, -0.15) is 0 Å². The van der Waals surface area contributed by atoms with Crippen LogP contribution < -0.4 is 10.0 Å². The maximum atomic E-state index is 11.4. The second-order valence-electron chi connectivity index (χ2n) is 6.09. The van der Waals surface area contributed by atoms with Gasteiger partial charge in [0.25, 0.3) is 0 Å². The summed E-state index contributed by atoms with van der Waals surface area (Å²) in [5.41, 5.74) is 2.07. The summed E-state index contributed by atoms with van der Waals surface area (Å²) in [5.74, 6) is 1.67. The molecule has 0 radical (unpaired) electrons. The third kappa shape index (κ3) is 6.69. The average molecular weight is 393 g/mol. The molecule has 0 unspecified atom stereocenters. The molecule has 8 nitrogen and oxygen atoms in total. The third-order valence-corrected chi connectivity index (χ3v) is 5.42. The molecule has 0 atom stereocenters. The van der Waals surface area contributed by atoms with E-state index in [1.807, 2.05) is 48.5 Å². The van der Waals surface area contributed by atoms with Crippen LogP contribution in [-0.2, 0) is 16.6 Å². The third-order valence-electron chi connectivity index (χ3n) is 4.01. The van der Waals surface area contributed by atoms with E-state index >= 15 is 0 Å². The summed E-state index contributed by atoms with van der Waals surface area (Å²) >= 11 is 0. The lowest BCUT2D eigenvalue weighted by atomic mass is 10.2. The molecule has 2 rings (SSSR count). The predicted molar refractivity (Wildman–Crippen MR) is 109 cm³/mol. The van der Waals surface area contributed by atoms with Gasteiger partial charge >= 0.3 is 0 Å². The first-order chi connectivity index (χ1) is 12.9. The zero-order valence-corrected chi connectivity index (χ0v) is 16.9. The van der Waals surface area contributed by atoms with Gasteiger partial charge in [-0.1, -0.05) is 30.3 Å². The topological polar surface area (TPSA) is 102 Å². The van der Waals surface area contributed by atoms with E-state index in [-0.39, 0.29) is 5.75 Å². The van der Waals surface area contributed by atoms with E-state index in [2.05, 4.69) is 25.0 Å². The standard InChI is InChI=1S/C18H28N6O2S/c1-4-27(25,26)22-12-8-11-20-18(19-2)24(3)14-17-21-13-16(23-17)15-9-6-5-7-10-15/h5-7,9-10,13,22H,4,8,11-12,14H2,1-3H3,(H,19,20)(H,21,23). The molecular weight excluding hydrogens is 364 g/mol. The van der Waals surface area contributed by atoms with Gasteiger partial charge in [-0.3, -0.25) is 4.99 Å². The Balaban J connectivity index is 1.81. The van der Waals surface area contributed by atoms with Gasteiger partial charge < -0.3 is 15.2 Å². The van der Waals surface area contributed by atoms with Crippen molar-refractivity contribution < 1.29 is 8.42 Å². The van der Waals surface area contributed by atoms with Crippen LogP contribution in [0.2, 0.25) is 0 Å². The number of benzene rings is 1. The number of nitrogens with zero attached hydrogens (tertiary/aromatic N) is 3. The van der Waals surface area contributed by atoms with Gasteiger partial charge in [0.2, 0.25) is 10.0 Å². The highest BCUT2D eigenvalue weighted by molar-refractivity contribution is 7.89. The van der Waals surface area contributed by atoms with Crippen molar-refractivity contribution in [3.05, 3.63) is 42.4 Å². The van der Waals surface area contributed by atoms with E-state index in [9.17, 15) is 8.42 Å². The summed E-state index contributed by atoms with van der Waals surface area (Å²) in [6, 6.07) is 10.0. The first kappa shape index (κ1) is 20.9. The lowest BCUT2D eigenvalue weighted by Gasteiger charge is -2.21. The maximum Gasteiger partial charge on any atom is 0.211 e. The van der Waals surface area contributed by atoms with Crippen LogP contribution in [0, 0.1) is 0 Å². The Labute approximate surface area is 161 Å². The monoisotopic (exact) mass is 392 g/mol. The maximum absolute atomic E-state index is 11.4. The number of aromatic amines is 1. The molecular formula is C18H28N6O2S. The molecule has 0 spiro atoms. The van der Waals surface area contributed by atoms with Crippen LogP contribution >= 0.6 is 0 Å². The lowest BCUT2D eigenvalue weighted by molar-refractivity contribution is 0.463. The van der Waals surface area contributed by atoms with Crippen LogP contribution in [0.5, 0.6) is 0 Å². The van der Waals surface area contributed by atoms with Crippen molar-refractivity contribution in [1.29, 1.82) is 0 Å². The minimum Gasteiger partial charge on any atom is -0.356 e. The average Bonchev–Trinajstić information content (AvgIpc) is 3.13. The van der Waals surface area contributed by atoms with E-state index in [0.29, 0.717) is 26.1 Å². The molecule has 148 valence electrons. The number of sulfonamides is 1. The van der Waals surface area contributed by atoms with Crippen LogP contribution in [0.3, 0.4) is 0 Å². The normalized spacial score (nSPS) is 12.2. The fraction of sp³-hybridized carbons (Fsp3) is 0.444. The van der Waals surface area contributed by atoms with Crippen LogP contribution in [-0.4, -0.2) is 62.2 Å². The molecule has 0 amide bonds. The quantitative estimate of drug-likeness (QED) is 0.340. The number of hydrogen-bond acceptors (Lipinski definition) is 4. The Morgan fingerprint density at radius 2 is 2.00 bits per heavy atom. The molecule has 1 aromatic carbocycles. The zero-order chi connectivity index (χ0) is 19.7. The highest BCUT2D eigenvalue weighted by Crippen LogP contribution is 2.16. The summed E-state index contributed by atoms with van der Waals surface area (Å²) < 4.78 is 25.3. The Morgan fingerprint density at radius 3 is 2.67 bits per heavy atom. The summed E-state index contributed by atoms with van der Waals surface area (Å²) in [5, 5.41) is 3.23. The van der Waals surface area contributed by atoms with Crippen molar-refractivity contribution in [2.45, 2.75) is 19.9 Å². The number of aromatic nitrogens is 2. The first-order valence-corrected chi connectivity index (χ1v) is 10.6. The molecule has 0 aliphatic carbocycles. The van der Waals surface area contributed by atoms with E-state index in [4.69, 9.17) is 0 Å². The molecule has 1 heterocycles. The second-order valence-corrected chi connectivity index (χ2v) is 8.19. The molecule has 1 aromatic heterocycles. The molecule has 0 saturated carbocycles. The smallest absolute Gasteiger partial charge is 0.211 e. The molecule has 0 aliphatic rings. The number of H-pyrrole nitrogens is 1. The fourth-order valence-electron chi connectivity index (χ4n) is 2.51. The number of guanidine groups is 1. The van der Waals surface area contributed by atoms with E-state index < -0.39 is 10.0 Å². The van der Waals surface area contributed by atoms with E-state index in [1.165, 1.54) is 0 Å². The van der Waals surface area contributed by atoms with E-state index in [0.717, 1.165) is 23.0 Å². The van der Waals surface area contributed by atoms with Crippen molar-refractivity contribution in [3.8, 4) is 11.3 Å². The van der Waals surface area contributed by atoms with Crippen molar-refractivity contribution in [3.63, 3.8) is 0 Å². The van der Waals surface area contributed by atoms with Crippen molar-refractivity contribution in [2.75, 3.05) is 32.9 Å². The number of rotatable bonds is 9. The van der Waals surface area contributed by atoms with Gasteiger partial charge in [-0.05, 0) is 18.9 Å². The highest BCUT2D eigenvalue weighted by atomic mass is 32.2. The number of nitrogens with one attached hydrogen (secondary N) is 3. The Morgan fingerprint density at radius 1 is 1.26 bits per heavy atom. The first-order valence-electron chi connectivity index (χ1n) is 8.93. The predicted octanol–water partition coefficient (Wildman–Crippen LogP) is 1.41. The highest BCUT2D eigenvalue weighted by Gasteiger charge is 2.10. The number of aliphatic imine (C=N–C) groups is 1. The molecule has 0 fully saturated rings. The Kier molecular flexibility index (Phi) is 7.81. The van der Waals surface area contributed by atoms with Gasteiger partial charge in [0.05, 0.1) is 24.2 Å². The molecule has 3 N–H and O–H groups in total. The zero-order valence-electron chi connectivity index (χ0n) is 16.1. The minimum atomic E-state index is -3.13. The second kappa shape index (κ2) is 10.1. The van der Waals surface area contributed by atoms with Crippen LogP contribution in [0.1, 0.15) is 19.2 Å². The molecule has 27 heavy (non-hydrogen) atoms. The number of imidazole rings is 1.